The Morgan fingerprint density at radius 1 is 1.41 bits per heavy atom. The highest BCUT2D eigenvalue weighted by Gasteiger charge is 2.26. The van der Waals surface area contributed by atoms with Crippen molar-refractivity contribution < 1.29 is 13.5 Å². The van der Waals surface area contributed by atoms with Gasteiger partial charge in [0.05, 0.1) is 16.6 Å². The van der Waals surface area contributed by atoms with Crippen molar-refractivity contribution >= 4 is 32.3 Å². The molecule has 0 aliphatic rings. The van der Waals surface area contributed by atoms with Crippen LogP contribution >= 0.6 is 11.3 Å². The molecule has 0 radical (unpaired) electrons. The van der Waals surface area contributed by atoms with Crippen LogP contribution in [0.15, 0.2) is 46.1 Å². The molecule has 3 aromatic rings. The first-order valence-corrected chi connectivity index (χ1v) is 8.99. The van der Waals surface area contributed by atoms with Gasteiger partial charge in [-0.05, 0) is 47.5 Å². The van der Waals surface area contributed by atoms with Crippen LogP contribution in [0.4, 0.5) is 0 Å². The third kappa shape index (κ3) is 2.91. The molecule has 0 amide bonds. The first-order chi connectivity index (χ1) is 10.4. The number of aromatic nitrogens is 2. The second-order valence-corrected chi connectivity index (χ2v) is 7.78. The van der Waals surface area contributed by atoms with Crippen LogP contribution in [0, 0.1) is 0 Å². The fraction of sp³-hybridized carbons (Fsp3) is 0.214. The van der Waals surface area contributed by atoms with Gasteiger partial charge >= 0.3 is 0 Å². The Bertz CT molecular complexity index is 883. The second kappa shape index (κ2) is 5.47. The number of thiophene rings is 1. The molecule has 116 valence electrons. The molecule has 0 bridgehead atoms. The van der Waals surface area contributed by atoms with Gasteiger partial charge in [-0.2, -0.15) is 16.4 Å². The summed E-state index contributed by atoms with van der Waals surface area (Å²) in [6.45, 7) is 1.47. The zero-order valence-corrected chi connectivity index (χ0v) is 13.4. The number of sulfonamides is 1. The number of aromatic amines is 1. The van der Waals surface area contributed by atoms with Crippen molar-refractivity contribution in [2.75, 3.05) is 6.54 Å². The van der Waals surface area contributed by atoms with Crippen molar-refractivity contribution in [3.05, 3.63) is 46.8 Å². The maximum absolute atomic E-state index is 12.4. The Hall–Kier alpha value is -1.74. The first-order valence-electron chi connectivity index (χ1n) is 6.56. The SMILES string of the molecule is C[C@@](O)(CNS(=O)(=O)c1ccc2cn[nH]c2c1)c1ccsc1. The lowest BCUT2D eigenvalue weighted by molar-refractivity contribution is 0.0632. The van der Waals surface area contributed by atoms with Crippen LogP contribution in [0.5, 0.6) is 0 Å². The molecule has 22 heavy (non-hydrogen) atoms. The third-order valence-corrected chi connectivity index (χ3v) is 5.56. The van der Waals surface area contributed by atoms with E-state index in [2.05, 4.69) is 14.9 Å². The topological polar surface area (TPSA) is 95.1 Å². The lowest BCUT2D eigenvalue weighted by Gasteiger charge is -2.22. The summed E-state index contributed by atoms with van der Waals surface area (Å²) in [5.74, 6) is 0. The average Bonchev–Trinajstić information content (AvgIpc) is 3.15. The van der Waals surface area contributed by atoms with Crippen molar-refractivity contribution in [3.63, 3.8) is 0 Å². The van der Waals surface area contributed by atoms with E-state index in [1.165, 1.54) is 23.5 Å². The Morgan fingerprint density at radius 2 is 2.23 bits per heavy atom. The van der Waals surface area contributed by atoms with Gasteiger partial charge in [-0.15, -0.1) is 0 Å². The predicted octanol–water partition coefficient (Wildman–Crippen LogP) is 1.81. The molecule has 3 rings (SSSR count). The highest BCUT2D eigenvalue weighted by atomic mass is 32.2. The standard InChI is InChI=1S/C14H15N3O3S2/c1-14(18,11-4-5-21-8-11)9-16-22(19,20)12-3-2-10-7-15-17-13(10)6-12/h2-8,16,18H,9H2,1H3,(H,15,17)/t14-/m1/s1. The van der Waals surface area contributed by atoms with Crippen molar-refractivity contribution in [3.8, 4) is 0 Å². The molecule has 3 N–H and O–H groups in total. The number of benzene rings is 1. The molecule has 0 saturated heterocycles. The van der Waals surface area contributed by atoms with E-state index < -0.39 is 15.6 Å². The largest absolute Gasteiger partial charge is 0.384 e. The predicted molar refractivity (Wildman–Crippen MR) is 85.2 cm³/mol. The van der Waals surface area contributed by atoms with Crippen LogP contribution < -0.4 is 4.72 Å². The fourth-order valence-corrected chi connectivity index (χ4v) is 4.02. The van der Waals surface area contributed by atoms with E-state index >= 15 is 0 Å². The molecular weight excluding hydrogens is 322 g/mol. The lowest BCUT2D eigenvalue weighted by atomic mass is 10.0. The maximum atomic E-state index is 12.4. The highest BCUT2D eigenvalue weighted by Crippen LogP contribution is 2.23. The first kappa shape index (κ1) is 15.2. The molecule has 0 unspecified atom stereocenters. The third-order valence-electron chi connectivity index (χ3n) is 3.47. The van der Waals surface area contributed by atoms with Gasteiger partial charge < -0.3 is 5.11 Å². The van der Waals surface area contributed by atoms with Gasteiger partial charge in [0.15, 0.2) is 0 Å². The number of nitrogens with zero attached hydrogens (tertiary/aromatic N) is 1. The van der Waals surface area contributed by atoms with Crippen molar-refractivity contribution in [2.24, 2.45) is 0 Å². The lowest BCUT2D eigenvalue weighted by Crippen LogP contribution is -2.38. The minimum absolute atomic E-state index is 0.104. The van der Waals surface area contributed by atoms with Crippen LogP contribution in [0.3, 0.4) is 0 Å². The summed E-state index contributed by atoms with van der Waals surface area (Å²) in [5, 5.41) is 21.5. The van der Waals surface area contributed by atoms with Gasteiger partial charge in [-0.1, -0.05) is 0 Å². The Labute approximate surface area is 131 Å². The summed E-state index contributed by atoms with van der Waals surface area (Å²) in [5.41, 5.74) is 0.0715. The molecule has 1 aromatic carbocycles. The quantitative estimate of drug-likeness (QED) is 0.662. The van der Waals surface area contributed by atoms with E-state index in [0.717, 1.165) is 5.39 Å². The summed E-state index contributed by atoms with van der Waals surface area (Å²) < 4.78 is 27.2. The molecule has 0 saturated carbocycles. The molecule has 2 heterocycles. The van der Waals surface area contributed by atoms with E-state index in [-0.39, 0.29) is 11.4 Å². The normalized spacial score (nSPS) is 15.0. The summed E-state index contributed by atoms with van der Waals surface area (Å²) in [6, 6.07) is 6.49. The smallest absolute Gasteiger partial charge is 0.240 e. The number of nitrogens with one attached hydrogen (secondary N) is 2. The van der Waals surface area contributed by atoms with Crippen molar-refractivity contribution in [2.45, 2.75) is 17.4 Å². The van der Waals surface area contributed by atoms with Crippen LogP contribution in [0.25, 0.3) is 10.9 Å². The molecule has 2 aromatic heterocycles. The number of hydrogen-bond donors (Lipinski definition) is 3. The van der Waals surface area contributed by atoms with Gasteiger partial charge in [0.2, 0.25) is 10.0 Å². The van der Waals surface area contributed by atoms with Crippen molar-refractivity contribution in [1.29, 1.82) is 0 Å². The van der Waals surface area contributed by atoms with E-state index in [1.807, 2.05) is 5.38 Å². The van der Waals surface area contributed by atoms with Crippen LogP contribution in [-0.2, 0) is 15.6 Å². The summed E-state index contributed by atoms with van der Waals surface area (Å²) >= 11 is 1.45. The molecular formula is C14H15N3O3S2. The van der Waals surface area contributed by atoms with Crippen LogP contribution in [0.1, 0.15) is 12.5 Å². The van der Waals surface area contributed by atoms with E-state index in [4.69, 9.17) is 0 Å². The Balaban J connectivity index is 1.81. The van der Waals surface area contributed by atoms with E-state index in [0.29, 0.717) is 11.1 Å². The minimum Gasteiger partial charge on any atom is -0.384 e. The average molecular weight is 337 g/mol. The molecule has 6 nitrogen and oxygen atoms in total. The van der Waals surface area contributed by atoms with Gasteiger partial charge in [-0.25, -0.2) is 13.1 Å². The maximum Gasteiger partial charge on any atom is 0.240 e. The fourth-order valence-electron chi connectivity index (χ4n) is 2.08. The zero-order chi connectivity index (χ0) is 15.8. The van der Waals surface area contributed by atoms with Gasteiger partial charge in [0, 0.05) is 11.9 Å². The molecule has 1 atom stereocenters. The van der Waals surface area contributed by atoms with Crippen molar-refractivity contribution in [1.82, 2.24) is 14.9 Å². The minimum atomic E-state index is -3.71. The number of rotatable bonds is 5. The molecule has 0 fully saturated rings. The number of fused-ring (bicyclic) bond motifs is 1. The molecule has 8 heteroatoms. The zero-order valence-electron chi connectivity index (χ0n) is 11.8. The van der Waals surface area contributed by atoms with Gasteiger partial charge in [0.1, 0.15) is 5.60 Å². The van der Waals surface area contributed by atoms with Gasteiger partial charge in [0.25, 0.3) is 0 Å². The summed E-state index contributed by atoms with van der Waals surface area (Å²) in [4.78, 5) is 0.130. The van der Waals surface area contributed by atoms with E-state index in [9.17, 15) is 13.5 Å². The summed E-state index contributed by atoms with van der Waals surface area (Å²) in [6.07, 6.45) is 1.63. The Kier molecular flexibility index (Phi) is 3.77. The number of aliphatic hydroxyl groups is 1. The van der Waals surface area contributed by atoms with Crippen LogP contribution in [-0.4, -0.2) is 30.3 Å². The second-order valence-electron chi connectivity index (χ2n) is 5.23. The number of H-pyrrole nitrogens is 1. The molecule has 0 aliphatic heterocycles. The number of hydrogen-bond acceptors (Lipinski definition) is 5. The van der Waals surface area contributed by atoms with Gasteiger partial charge in [-0.3, -0.25) is 5.10 Å². The Morgan fingerprint density at radius 3 is 2.95 bits per heavy atom. The van der Waals surface area contributed by atoms with E-state index in [1.54, 1.807) is 30.6 Å². The molecule has 0 spiro atoms. The summed E-state index contributed by atoms with van der Waals surface area (Å²) in [7, 11) is -3.71. The molecule has 0 aliphatic carbocycles. The monoisotopic (exact) mass is 337 g/mol. The van der Waals surface area contributed by atoms with Crippen LogP contribution in [0.2, 0.25) is 0 Å². The highest BCUT2D eigenvalue weighted by molar-refractivity contribution is 7.89.